The second-order valence-corrected chi connectivity index (χ2v) is 8.44. The van der Waals surface area contributed by atoms with Crippen LogP contribution in [0.1, 0.15) is 37.7 Å². The molecule has 2 aliphatic rings. The molecule has 0 spiro atoms. The van der Waals surface area contributed by atoms with Gasteiger partial charge in [0.1, 0.15) is 0 Å². The van der Waals surface area contributed by atoms with Gasteiger partial charge >= 0.3 is 0 Å². The minimum Gasteiger partial charge on any atom is -0.303 e. The molecule has 0 radical (unpaired) electrons. The van der Waals surface area contributed by atoms with Crippen molar-refractivity contribution in [1.82, 2.24) is 19.8 Å². The number of likely N-dealkylation sites (tertiary alicyclic amines) is 2. The molecule has 0 saturated carbocycles. The van der Waals surface area contributed by atoms with E-state index in [9.17, 15) is 0 Å². The Bertz CT molecular complexity index is 634. The smallest absolute Gasteiger partial charge is 0.169 e. The molecule has 4 heterocycles. The quantitative estimate of drug-likeness (QED) is 0.813. The van der Waals surface area contributed by atoms with Crippen LogP contribution in [0.5, 0.6) is 0 Å². The number of hydrogen-bond acceptors (Lipinski definition) is 5. The first-order valence-electron chi connectivity index (χ1n) is 9.66. The van der Waals surface area contributed by atoms with E-state index < -0.39 is 0 Å². The zero-order valence-corrected chi connectivity index (χ0v) is 15.8. The van der Waals surface area contributed by atoms with Crippen LogP contribution >= 0.6 is 11.3 Å². The molecule has 2 aromatic rings. The average Bonchev–Trinajstić information content (AvgIpc) is 3.18. The van der Waals surface area contributed by atoms with Crippen molar-refractivity contribution in [2.75, 3.05) is 32.7 Å². The molecule has 2 saturated heterocycles. The molecular weight excluding hydrogens is 328 g/mol. The fourth-order valence-corrected chi connectivity index (χ4v) is 4.85. The highest BCUT2D eigenvalue weighted by molar-refractivity contribution is 7.13. The van der Waals surface area contributed by atoms with E-state index >= 15 is 0 Å². The minimum atomic E-state index is 0.832. The van der Waals surface area contributed by atoms with Gasteiger partial charge in [-0.15, -0.1) is 11.3 Å². The lowest BCUT2D eigenvalue weighted by molar-refractivity contribution is 0.118. The summed E-state index contributed by atoms with van der Waals surface area (Å²) in [7, 11) is 0. The molecule has 1 atom stereocenters. The Kier molecular flexibility index (Phi) is 5.75. The summed E-state index contributed by atoms with van der Waals surface area (Å²) in [4.78, 5) is 15.6. The van der Waals surface area contributed by atoms with E-state index in [1.54, 1.807) is 11.3 Å². The van der Waals surface area contributed by atoms with Crippen molar-refractivity contribution >= 4 is 11.3 Å². The number of thiophene rings is 1. The third-order valence-electron chi connectivity index (χ3n) is 5.42. The lowest BCUT2D eigenvalue weighted by Crippen LogP contribution is -2.42. The normalized spacial score (nSPS) is 23.0. The highest BCUT2D eigenvalue weighted by Gasteiger charge is 2.23. The number of piperidine rings is 2. The van der Waals surface area contributed by atoms with E-state index in [0.29, 0.717) is 0 Å². The molecule has 134 valence electrons. The molecule has 2 aliphatic heterocycles. The van der Waals surface area contributed by atoms with Crippen LogP contribution in [0.2, 0.25) is 0 Å². The summed E-state index contributed by atoms with van der Waals surface area (Å²) >= 11 is 1.69. The average molecular weight is 357 g/mol. The topological polar surface area (TPSA) is 32.3 Å². The van der Waals surface area contributed by atoms with Crippen molar-refractivity contribution in [1.29, 1.82) is 0 Å². The fraction of sp³-hybridized carbons (Fsp3) is 0.600. The van der Waals surface area contributed by atoms with Crippen molar-refractivity contribution in [2.24, 2.45) is 5.92 Å². The second kappa shape index (κ2) is 8.39. The van der Waals surface area contributed by atoms with Gasteiger partial charge in [0.15, 0.2) is 5.82 Å². The summed E-state index contributed by atoms with van der Waals surface area (Å²) in [5.41, 5.74) is 1.24. The number of aromatic nitrogens is 2. The van der Waals surface area contributed by atoms with Crippen LogP contribution in [0.15, 0.2) is 29.9 Å². The summed E-state index contributed by atoms with van der Waals surface area (Å²) in [5, 5.41) is 2.07. The number of rotatable bonds is 5. The van der Waals surface area contributed by atoms with Crippen LogP contribution in [0.3, 0.4) is 0 Å². The lowest BCUT2D eigenvalue weighted by Gasteiger charge is -2.36. The molecule has 0 N–H and O–H groups in total. The zero-order valence-electron chi connectivity index (χ0n) is 14.9. The van der Waals surface area contributed by atoms with E-state index in [4.69, 9.17) is 0 Å². The van der Waals surface area contributed by atoms with Crippen LogP contribution in [-0.4, -0.2) is 52.5 Å². The Morgan fingerprint density at radius 3 is 2.56 bits per heavy atom. The predicted molar refractivity (Wildman–Crippen MR) is 104 cm³/mol. The van der Waals surface area contributed by atoms with Crippen LogP contribution < -0.4 is 0 Å². The van der Waals surface area contributed by atoms with Crippen molar-refractivity contribution in [2.45, 2.75) is 38.6 Å². The van der Waals surface area contributed by atoms with E-state index in [1.807, 2.05) is 18.5 Å². The van der Waals surface area contributed by atoms with Crippen LogP contribution in [0, 0.1) is 5.92 Å². The van der Waals surface area contributed by atoms with Crippen molar-refractivity contribution in [3.63, 3.8) is 0 Å². The Hall–Kier alpha value is -1.30. The van der Waals surface area contributed by atoms with Gasteiger partial charge in [0.25, 0.3) is 0 Å². The maximum absolute atomic E-state index is 4.56. The predicted octanol–water partition coefficient (Wildman–Crippen LogP) is 3.90. The lowest BCUT2D eigenvalue weighted by atomic mass is 9.96. The van der Waals surface area contributed by atoms with Gasteiger partial charge in [-0.05, 0) is 62.7 Å². The molecule has 5 heteroatoms. The van der Waals surface area contributed by atoms with Crippen LogP contribution in [-0.2, 0) is 6.54 Å². The molecule has 0 amide bonds. The van der Waals surface area contributed by atoms with Gasteiger partial charge < -0.3 is 4.90 Å². The molecule has 0 aliphatic carbocycles. The molecular formula is C20H28N4S. The van der Waals surface area contributed by atoms with Crippen LogP contribution in [0.4, 0.5) is 0 Å². The van der Waals surface area contributed by atoms with Gasteiger partial charge in [-0.2, -0.15) is 0 Å². The molecule has 4 nitrogen and oxygen atoms in total. The van der Waals surface area contributed by atoms with Crippen molar-refractivity contribution < 1.29 is 0 Å². The molecule has 0 bridgehead atoms. The standard InChI is InChI=1S/C20H28N4S/c1-2-8-23(9-3-1)14-17-6-4-10-24(15-17)16-18-12-21-20(22-13-18)19-7-5-11-25-19/h5,7,11-13,17H,1-4,6,8-10,14-16H2/t17-/m1/s1. The Morgan fingerprint density at radius 2 is 1.80 bits per heavy atom. The first-order valence-corrected chi connectivity index (χ1v) is 10.5. The van der Waals surface area contributed by atoms with Gasteiger partial charge in [0, 0.05) is 37.6 Å². The zero-order chi connectivity index (χ0) is 16.9. The van der Waals surface area contributed by atoms with E-state index in [2.05, 4.69) is 31.2 Å². The second-order valence-electron chi connectivity index (χ2n) is 7.50. The van der Waals surface area contributed by atoms with Gasteiger partial charge in [-0.1, -0.05) is 12.5 Å². The Labute approximate surface area is 154 Å². The third-order valence-corrected chi connectivity index (χ3v) is 6.29. The first-order chi connectivity index (χ1) is 12.4. The van der Waals surface area contributed by atoms with Gasteiger partial charge in [0.05, 0.1) is 4.88 Å². The first kappa shape index (κ1) is 17.1. The summed E-state index contributed by atoms with van der Waals surface area (Å²) in [6, 6.07) is 4.13. The fourth-order valence-electron chi connectivity index (χ4n) is 4.18. The van der Waals surface area contributed by atoms with Crippen molar-refractivity contribution in [3.05, 3.63) is 35.5 Å². The maximum Gasteiger partial charge on any atom is 0.169 e. The molecule has 2 aromatic heterocycles. The van der Waals surface area contributed by atoms with E-state index in [1.165, 1.54) is 70.4 Å². The monoisotopic (exact) mass is 356 g/mol. The summed E-state index contributed by atoms with van der Waals surface area (Å²) in [6.45, 7) is 7.35. The highest BCUT2D eigenvalue weighted by Crippen LogP contribution is 2.23. The summed E-state index contributed by atoms with van der Waals surface area (Å²) in [6.07, 6.45) is 10.9. The van der Waals surface area contributed by atoms with Gasteiger partial charge in [-0.25, -0.2) is 9.97 Å². The largest absolute Gasteiger partial charge is 0.303 e. The molecule has 4 rings (SSSR count). The summed E-state index contributed by atoms with van der Waals surface area (Å²) < 4.78 is 0. The minimum absolute atomic E-state index is 0.832. The van der Waals surface area contributed by atoms with Gasteiger partial charge in [-0.3, -0.25) is 4.90 Å². The van der Waals surface area contributed by atoms with E-state index in [-0.39, 0.29) is 0 Å². The number of hydrogen-bond donors (Lipinski definition) is 0. The van der Waals surface area contributed by atoms with Gasteiger partial charge in [0.2, 0.25) is 0 Å². The molecule has 2 fully saturated rings. The SMILES string of the molecule is c1csc(-c2ncc(CN3CCC[C@H](CN4CCCCC4)C3)cn2)c1. The Balaban J connectivity index is 1.31. The third kappa shape index (κ3) is 4.66. The molecule has 0 aromatic carbocycles. The van der Waals surface area contributed by atoms with Crippen molar-refractivity contribution in [3.8, 4) is 10.7 Å². The van der Waals surface area contributed by atoms with Crippen LogP contribution in [0.25, 0.3) is 10.7 Å². The number of nitrogens with zero attached hydrogens (tertiary/aromatic N) is 4. The summed E-state index contributed by atoms with van der Waals surface area (Å²) in [5.74, 6) is 1.68. The molecule has 0 unspecified atom stereocenters. The maximum atomic E-state index is 4.56. The van der Waals surface area contributed by atoms with E-state index in [0.717, 1.165) is 23.2 Å². The highest BCUT2D eigenvalue weighted by atomic mass is 32.1. The Morgan fingerprint density at radius 1 is 1.00 bits per heavy atom. The molecule has 25 heavy (non-hydrogen) atoms.